The van der Waals surface area contributed by atoms with Crippen LogP contribution in [0.25, 0.3) is 0 Å². The summed E-state index contributed by atoms with van der Waals surface area (Å²) >= 11 is 0. The van der Waals surface area contributed by atoms with Crippen LogP contribution in [0.15, 0.2) is 24.9 Å². The van der Waals surface area contributed by atoms with Crippen molar-refractivity contribution < 1.29 is 4.79 Å². The molecule has 1 aromatic heterocycles. The van der Waals surface area contributed by atoms with Gasteiger partial charge in [0, 0.05) is 24.8 Å². The van der Waals surface area contributed by atoms with Crippen molar-refractivity contribution >= 4 is 11.6 Å². The predicted molar refractivity (Wildman–Crippen MR) is 82.7 cm³/mol. The number of carbonyl (C=O) groups is 1. The fourth-order valence-electron chi connectivity index (χ4n) is 3.00. The predicted octanol–water partition coefficient (Wildman–Crippen LogP) is 3.22. The van der Waals surface area contributed by atoms with Crippen molar-refractivity contribution in [2.45, 2.75) is 51.6 Å². The van der Waals surface area contributed by atoms with Crippen LogP contribution in [-0.4, -0.2) is 28.0 Å². The lowest BCUT2D eigenvalue weighted by molar-refractivity contribution is 0.0694. The van der Waals surface area contributed by atoms with Crippen LogP contribution < -0.4 is 5.73 Å². The molecule has 0 saturated heterocycles. The van der Waals surface area contributed by atoms with Gasteiger partial charge in [0.1, 0.15) is 5.69 Å². The van der Waals surface area contributed by atoms with E-state index in [1.807, 2.05) is 21.7 Å². The molecule has 4 nitrogen and oxygen atoms in total. The Kier molecular flexibility index (Phi) is 4.53. The van der Waals surface area contributed by atoms with Gasteiger partial charge in [0.15, 0.2) is 0 Å². The van der Waals surface area contributed by atoms with E-state index in [2.05, 4.69) is 20.4 Å². The molecule has 20 heavy (non-hydrogen) atoms. The zero-order chi connectivity index (χ0) is 14.7. The zero-order valence-electron chi connectivity index (χ0n) is 12.5. The average Bonchev–Trinajstić information content (AvgIpc) is 3.04. The molecular weight excluding hydrogens is 250 g/mol. The summed E-state index contributed by atoms with van der Waals surface area (Å²) in [4.78, 5) is 14.8. The lowest BCUT2D eigenvalue weighted by Crippen LogP contribution is -2.40. The number of hydrogen-bond acceptors (Lipinski definition) is 2. The second-order valence-electron chi connectivity index (χ2n) is 5.84. The quantitative estimate of drug-likeness (QED) is 0.839. The molecule has 0 bridgehead atoms. The maximum atomic E-state index is 12.9. The molecule has 0 atom stereocenters. The van der Waals surface area contributed by atoms with Crippen molar-refractivity contribution in [1.82, 2.24) is 9.47 Å². The largest absolute Gasteiger partial charge is 0.397 e. The van der Waals surface area contributed by atoms with E-state index in [0.717, 1.165) is 12.8 Å². The van der Waals surface area contributed by atoms with Gasteiger partial charge in [-0.1, -0.05) is 18.9 Å². The van der Waals surface area contributed by atoms with Gasteiger partial charge in [-0.2, -0.15) is 0 Å². The summed E-state index contributed by atoms with van der Waals surface area (Å²) in [5.41, 5.74) is 7.20. The van der Waals surface area contributed by atoms with Crippen molar-refractivity contribution in [2.24, 2.45) is 0 Å². The minimum absolute atomic E-state index is 0.0715. The Hall–Kier alpha value is -1.71. The summed E-state index contributed by atoms with van der Waals surface area (Å²) in [6.45, 7) is 8.51. The highest BCUT2D eigenvalue weighted by atomic mass is 16.2. The normalized spacial score (nSPS) is 15.8. The van der Waals surface area contributed by atoms with Crippen molar-refractivity contribution in [3.63, 3.8) is 0 Å². The number of carbonyl (C=O) groups excluding carboxylic acids is 1. The Balaban J connectivity index is 2.29. The molecule has 2 rings (SSSR count). The standard InChI is InChI=1S/C16H25N3O/c1-4-9-18(14-7-5-6-8-14)16(20)15-10-13(17)11-19(15)12(2)3/h4,10-12,14H,1,5-9,17H2,2-3H3. The Labute approximate surface area is 121 Å². The van der Waals surface area contributed by atoms with E-state index < -0.39 is 0 Å². The van der Waals surface area contributed by atoms with E-state index in [1.165, 1.54) is 12.8 Å². The first kappa shape index (κ1) is 14.7. The minimum atomic E-state index is 0.0715. The number of aromatic nitrogens is 1. The fraction of sp³-hybridized carbons (Fsp3) is 0.562. The Morgan fingerprint density at radius 2 is 2.20 bits per heavy atom. The summed E-state index contributed by atoms with van der Waals surface area (Å²) in [5, 5.41) is 0. The minimum Gasteiger partial charge on any atom is -0.397 e. The highest BCUT2D eigenvalue weighted by Gasteiger charge is 2.28. The molecule has 110 valence electrons. The van der Waals surface area contributed by atoms with Gasteiger partial charge in [-0.05, 0) is 32.8 Å². The lowest BCUT2D eigenvalue weighted by atomic mass is 10.2. The summed E-state index contributed by atoms with van der Waals surface area (Å²) in [6, 6.07) is 2.35. The maximum absolute atomic E-state index is 12.9. The molecule has 1 fully saturated rings. The molecule has 1 heterocycles. The molecule has 1 aromatic rings. The van der Waals surface area contributed by atoms with Gasteiger partial charge < -0.3 is 15.2 Å². The molecule has 1 amide bonds. The van der Waals surface area contributed by atoms with Crippen molar-refractivity contribution in [1.29, 1.82) is 0 Å². The zero-order valence-corrected chi connectivity index (χ0v) is 12.5. The van der Waals surface area contributed by atoms with E-state index in [1.54, 1.807) is 6.07 Å². The third-order valence-electron chi connectivity index (χ3n) is 4.00. The molecule has 1 aliphatic carbocycles. The fourth-order valence-corrected chi connectivity index (χ4v) is 3.00. The van der Waals surface area contributed by atoms with Crippen molar-refractivity contribution in [3.8, 4) is 0 Å². The van der Waals surface area contributed by atoms with Crippen LogP contribution >= 0.6 is 0 Å². The SMILES string of the molecule is C=CCN(C(=O)c1cc(N)cn1C(C)C)C1CCCC1. The molecule has 4 heteroatoms. The number of anilines is 1. The molecule has 0 aliphatic heterocycles. The number of rotatable bonds is 5. The molecule has 1 saturated carbocycles. The summed E-state index contributed by atoms with van der Waals surface area (Å²) in [7, 11) is 0. The van der Waals surface area contributed by atoms with Crippen molar-refractivity contribution in [3.05, 3.63) is 30.6 Å². The average molecular weight is 275 g/mol. The van der Waals surface area contributed by atoms with Crippen LogP contribution in [0.4, 0.5) is 5.69 Å². The van der Waals surface area contributed by atoms with E-state index >= 15 is 0 Å². The molecular formula is C16H25N3O. The van der Waals surface area contributed by atoms with Crippen LogP contribution in [0, 0.1) is 0 Å². The van der Waals surface area contributed by atoms with E-state index in [0.29, 0.717) is 24.0 Å². The van der Waals surface area contributed by atoms with Crippen LogP contribution in [0.3, 0.4) is 0 Å². The molecule has 2 N–H and O–H groups in total. The summed E-state index contributed by atoms with van der Waals surface area (Å²) < 4.78 is 1.96. The Morgan fingerprint density at radius 1 is 1.55 bits per heavy atom. The van der Waals surface area contributed by atoms with E-state index in [4.69, 9.17) is 5.73 Å². The maximum Gasteiger partial charge on any atom is 0.271 e. The summed E-state index contributed by atoms with van der Waals surface area (Å²) in [6.07, 6.45) is 8.26. The number of nitrogen functional groups attached to an aromatic ring is 1. The Morgan fingerprint density at radius 3 is 2.75 bits per heavy atom. The highest BCUT2D eigenvalue weighted by molar-refractivity contribution is 5.94. The Bertz CT molecular complexity index is 484. The van der Waals surface area contributed by atoms with Gasteiger partial charge in [0.25, 0.3) is 5.91 Å². The first-order chi connectivity index (χ1) is 9.54. The topological polar surface area (TPSA) is 51.3 Å². The monoisotopic (exact) mass is 275 g/mol. The smallest absolute Gasteiger partial charge is 0.271 e. The number of nitrogens with zero attached hydrogens (tertiary/aromatic N) is 2. The van der Waals surface area contributed by atoms with Crippen molar-refractivity contribution in [2.75, 3.05) is 12.3 Å². The molecule has 0 unspecified atom stereocenters. The number of nitrogens with two attached hydrogens (primary N) is 1. The third-order valence-corrected chi connectivity index (χ3v) is 4.00. The van der Waals surface area contributed by atoms with Gasteiger partial charge in [-0.3, -0.25) is 4.79 Å². The van der Waals surface area contributed by atoms with Crippen LogP contribution in [0.2, 0.25) is 0 Å². The van der Waals surface area contributed by atoms with Gasteiger partial charge in [-0.25, -0.2) is 0 Å². The third kappa shape index (κ3) is 2.89. The van der Waals surface area contributed by atoms with Gasteiger partial charge in [-0.15, -0.1) is 6.58 Å². The van der Waals surface area contributed by atoms with Crippen LogP contribution in [-0.2, 0) is 0 Å². The summed E-state index contributed by atoms with van der Waals surface area (Å²) in [5.74, 6) is 0.0715. The van der Waals surface area contributed by atoms with Crippen LogP contribution in [0.1, 0.15) is 56.1 Å². The lowest BCUT2D eigenvalue weighted by Gasteiger charge is -2.28. The van der Waals surface area contributed by atoms with E-state index in [-0.39, 0.29) is 11.9 Å². The second kappa shape index (κ2) is 6.16. The molecule has 1 aliphatic rings. The molecule has 0 aromatic carbocycles. The second-order valence-corrected chi connectivity index (χ2v) is 5.84. The molecule has 0 spiro atoms. The van der Waals surface area contributed by atoms with Gasteiger partial charge in [0.05, 0.1) is 5.69 Å². The first-order valence-electron chi connectivity index (χ1n) is 7.43. The number of hydrogen-bond donors (Lipinski definition) is 1. The van der Waals surface area contributed by atoms with E-state index in [9.17, 15) is 4.79 Å². The first-order valence-corrected chi connectivity index (χ1v) is 7.43. The number of amides is 1. The van der Waals surface area contributed by atoms with Gasteiger partial charge >= 0.3 is 0 Å². The molecule has 0 radical (unpaired) electrons. The highest BCUT2D eigenvalue weighted by Crippen LogP contribution is 2.26. The van der Waals surface area contributed by atoms with Gasteiger partial charge in [0.2, 0.25) is 0 Å². The van der Waals surface area contributed by atoms with Crippen LogP contribution in [0.5, 0.6) is 0 Å².